The lowest BCUT2D eigenvalue weighted by molar-refractivity contribution is -0.115. The molecule has 2 aromatic carbocycles. The minimum Gasteiger partial charge on any atom is -0.325 e. The first kappa shape index (κ1) is 15.8. The fraction of sp³-hybridized carbons (Fsp3) is 0.111. The van der Waals surface area contributed by atoms with Crippen LogP contribution in [0, 0.1) is 0 Å². The molecule has 1 amide bonds. The summed E-state index contributed by atoms with van der Waals surface area (Å²) in [6, 6.07) is 19.0. The van der Waals surface area contributed by atoms with Gasteiger partial charge >= 0.3 is 0 Å². The van der Waals surface area contributed by atoms with Gasteiger partial charge in [-0.05, 0) is 37.3 Å². The zero-order valence-electron chi connectivity index (χ0n) is 12.5. The van der Waals surface area contributed by atoms with Crippen LogP contribution in [0.5, 0.6) is 0 Å². The lowest BCUT2D eigenvalue weighted by Crippen LogP contribution is -2.22. The number of hydrogen-bond acceptors (Lipinski definition) is 3. The van der Waals surface area contributed by atoms with Crippen LogP contribution in [0.3, 0.4) is 0 Å². The van der Waals surface area contributed by atoms with Crippen molar-refractivity contribution in [3.63, 3.8) is 0 Å². The van der Waals surface area contributed by atoms with E-state index >= 15 is 0 Å². The number of carbonyl (C=O) groups excluding carboxylic acids is 1. The Morgan fingerprint density at radius 1 is 1.13 bits per heavy atom. The largest absolute Gasteiger partial charge is 0.325 e. The number of hydrogen-bond donors (Lipinski definition) is 1. The van der Waals surface area contributed by atoms with Crippen LogP contribution in [0.25, 0.3) is 10.9 Å². The molecule has 0 spiro atoms. The van der Waals surface area contributed by atoms with Crippen molar-refractivity contribution in [3.8, 4) is 0 Å². The standard InChI is InChI=1S/C18H15ClN2OS/c1-12(18(22)20-15-7-4-6-14(19)11-15)23-17-10-9-13-5-2-3-8-16(13)21-17/h2-12H,1H3,(H,20,22)/t12-/m0/s1. The second-order valence-electron chi connectivity index (χ2n) is 5.10. The van der Waals surface area contributed by atoms with Crippen LogP contribution < -0.4 is 5.32 Å². The highest BCUT2D eigenvalue weighted by atomic mass is 35.5. The molecular formula is C18H15ClN2OS. The first-order chi connectivity index (χ1) is 11.1. The van der Waals surface area contributed by atoms with E-state index in [1.165, 1.54) is 11.8 Å². The Balaban J connectivity index is 1.69. The Morgan fingerprint density at radius 2 is 1.96 bits per heavy atom. The van der Waals surface area contributed by atoms with E-state index in [0.29, 0.717) is 10.7 Å². The van der Waals surface area contributed by atoms with E-state index < -0.39 is 0 Å². The highest BCUT2D eigenvalue weighted by Crippen LogP contribution is 2.25. The SMILES string of the molecule is C[C@H](Sc1ccc2ccccc2n1)C(=O)Nc1cccc(Cl)c1. The highest BCUT2D eigenvalue weighted by molar-refractivity contribution is 8.00. The van der Waals surface area contributed by atoms with Crippen LogP contribution >= 0.6 is 23.4 Å². The number of benzene rings is 2. The molecule has 0 aliphatic heterocycles. The third-order valence-corrected chi connectivity index (χ3v) is 4.60. The van der Waals surface area contributed by atoms with Crippen LogP contribution in [0.1, 0.15) is 6.92 Å². The summed E-state index contributed by atoms with van der Waals surface area (Å²) in [6.07, 6.45) is 0. The molecule has 0 saturated carbocycles. The molecule has 3 aromatic rings. The molecular weight excluding hydrogens is 328 g/mol. The minimum absolute atomic E-state index is 0.0766. The maximum absolute atomic E-state index is 12.3. The van der Waals surface area contributed by atoms with E-state index in [1.54, 1.807) is 18.2 Å². The predicted molar refractivity (Wildman–Crippen MR) is 97.1 cm³/mol. The molecule has 23 heavy (non-hydrogen) atoms. The number of nitrogens with one attached hydrogen (secondary N) is 1. The Morgan fingerprint density at radius 3 is 2.78 bits per heavy atom. The number of aromatic nitrogens is 1. The van der Waals surface area contributed by atoms with Crippen molar-refractivity contribution in [2.45, 2.75) is 17.2 Å². The molecule has 0 aliphatic rings. The van der Waals surface area contributed by atoms with Gasteiger partial charge in [0.2, 0.25) is 5.91 Å². The highest BCUT2D eigenvalue weighted by Gasteiger charge is 2.15. The second-order valence-corrected chi connectivity index (χ2v) is 6.90. The van der Waals surface area contributed by atoms with E-state index in [0.717, 1.165) is 15.9 Å². The lowest BCUT2D eigenvalue weighted by atomic mass is 10.2. The number of fused-ring (bicyclic) bond motifs is 1. The number of amides is 1. The van der Waals surface area contributed by atoms with Crippen LogP contribution in [-0.2, 0) is 4.79 Å². The van der Waals surface area contributed by atoms with Crippen molar-refractivity contribution in [3.05, 3.63) is 65.7 Å². The monoisotopic (exact) mass is 342 g/mol. The fourth-order valence-electron chi connectivity index (χ4n) is 2.16. The van der Waals surface area contributed by atoms with Crippen molar-refractivity contribution in [2.24, 2.45) is 0 Å². The van der Waals surface area contributed by atoms with Crippen molar-refractivity contribution in [1.29, 1.82) is 0 Å². The molecule has 1 aromatic heterocycles. The lowest BCUT2D eigenvalue weighted by Gasteiger charge is -2.12. The van der Waals surface area contributed by atoms with Gasteiger partial charge in [0.05, 0.1) is 15.8 Å². The van der Waals surface area contributed by atoms with Gasteiger partial charge in [-0.15, -0.1) is 0 Å². The van der Waals surface area contributed by atoms with Crippen LogP contribution in [0.2, 0.25) is 5.02 Å². The van der Waals surface area contributed by atoms with Gasteiger partial charge < -0.3 is 5.32 Å². The van der Waals surface area contributed by atoms with Gasteiger partial charge in [0.25, 0.3) is 0 Å². The number of nitrogens with zero attached hydrogens (tertiary/aromatic N) is 1. The summed E-state index contributed by atoms with van der Waals surface area (Å²) in [5, 5.41) is 5.12. The summed E-state index contributed by atoms with van der Waals surface area (Å²) in [7, 11) is 0. The minimum atomic E-state index is -0.261. The van der Waals surface area contributed by atoms with Gasteiger partial charge in [0, 0.05) is 16.1 Å². The zero-order chi connectivity index (χ0) is 16.2. The summed E-state index contributed by atoms with van der Waals surface area (Å²) in [5.74, 6) is -0.0766. The number of rotatable bonds is 4. The van der Waals surface area contributed by atoms with Crippen LogP contribution in [-0.4, -0.2) is 16.1 Å². The second kappa shape index (κ2) is 7.02. The Hall–Kier alpha value is -2.04. The van der Waals surface area contributed by atoms with Gasteiger partial charge in [-0.2, -0.15) is 0 Å². The Bertz CT molecular complexity index is 853. The quantitative estimate of drug-likeness (QED) is 0.678. The van der Waals surface area contributed by atoms with Gasteiger partial charge in [0.1, 0.15) is 0 Å². The molecule has 116 valence electrons. The smallest absolute Gasteiger partial charge is 0.237 e. The predicted octanol–water partition coefficient (Wildman–Crippen LogP) is 5.01. The van der Waals surface area contributed by atoms with Gasteiger partial charge in [-0.3, -0.25) is 4.79 Å². The molecule has 1 heterocycles. The van der Waals surface area contributed by atoms with E-state index in [-0.39, 0.29) is 11.2 Å². The molecule has 1 atom stereocenters. The molecule has 0 aliphatic carbocycles. The number of para-hydroxylation sites is 1. The molecule has 0 bridgehead atoms. The Kier molecular flexibility index (Phi) is 4.84. The molecule has 0 unspecified atom stereocenters. The van der Waals surface area contributed by atoms with E-state index in [9.17, 15) is 4.79 Å². The van der Waals surface area contributed by atoms with Gasteiger partial charge in [-0.25, -0.2) is 4.98 Å². The first-order valence-electron chi connectivity index (χ1n) is 7.21. The topological polar surface area (TPSA) is 42.0 Å². The number of pyridine rings is 1. The summed E-state index contributed by atoms with van der Waals surface area (Å²) in [4.78, 5) is 16.9. The maximum atomic E-state index is 12.3. The first-order valence-corrected chi connectivity index (χ1v) is 8.46. The van der Waals surface area contributed by atoms with E-state index in [1.807, 2.05) is 49.4 Å². The van der Waals surface area contributed by atoms with Crippen molar-refractivity contribution >= 4 is 45.9 Å². The zero-order valence-corrected chi connectivity index (χ0v) is 14.1. The average Bonchev–Trinajstić information content (AvgIpc) is 2.54. The normalized spacial score (nSPS) is 12.1. The molecule has 3 nitrogen and oxygen atoms in total. The molecule has 5 heteroatoms. The number of thioether (sulfide) groups is 1. The molecule has 1 N–H and O–H groups in total. The molecule has 0 fully saturated rings. The van der Waals surface area contributed by atoms with Crippen molar-refractivity contribution in [2.75, 3.05) is 5.32 Å². The van der Waals surface area contributed by atoms with Crippen LogP contribution in [0.15, 0.2) is 65.7 Å². The van der Waals surface area contributed by atoms with E-state index in [4.69, 9.17) is 11.6 Å². The van der Waals surface area contributed by atoms with Gasteiger partial charge in [-0.1, -0.05) is 53.7 Å². The van der Waals surface area contributed by atoms with Crippen molar-refractivity contribution in [1.82, 2.24) is 4.98 Å². The maximum Gasteiger partial charge on any atom is 0.237 e. The molecule has 3 rings (SSSR count). The average molecular weight is 343 g/mol. The summed E-state index contributed by atoms with van der Waals surface area (Å²) in [5.41, 5.74) is 1.63. The molecule has 0 radical (unpaired) electrons. The number of carbonyl (C=O) groups is 1. The van der Waals surface area contributed by atoms with Gasteiger partial charge in [0.15, 0.2) is 0 Å². The third-order valence-electron chi connectivity index (χ3n) is 3.33. The third kappa shape index (κ3) is 4.03. The Labute approximate surface area is 144 Å². The van der Waals surface area contributed by atoms with Crippen molar-refractivity contribution < 1.29 is 4.79 Å². The number of anilines is 1. The van der Waals surface area contributed by atoms with Crippen LogP contribution in [0.4, 0.5) is 5.69 Å². The van der Waals surface area contributed by atoms with E-state index in [2.05, 4.69) is 10.3 Å². The fourth-order valence-corrected chi connectivity index (χ4v) is 3.17. The molecule has 0 saturated heterocycles. The summed E-state index contributed by atoms with van der Waals surface area (Å²) in [6.45, 7) is 1.86. The number of halogens is 1. The summed E-state index contributed by atoms with van der Waals surface area (Å²) >= 11 is 7.36. The summed E-state index contributed by atoms with van der Waals surface area (Å²) < 4.78 is 0.